The van der Waals surface area contributed by atoms with E-state index >= 15 is 0 Å². The van der Waals surface area contributed by atoms with Gasteiger partial charge in [-0.25, -0.2) is 0 Å². The van der Waals surface area contributed by atoms with Crippen LogP contribution in [0.3, 0.4) is 0 Å². The molecular weight excluding hydrogens is 530 g/mol. The Morgan fingerprint density at radius 2 is 1.79 bits per heavy atom. The zero-order valence-corrected chi connectivity index (χ0v) is 25.1. The number of likely N-dealkylation sites (tertiary alicyclic amines) is 1. The number of hydrogen-bond donors (Lipinski definition) is 1. The van der Waals surface area contributed by atoms with Crippen LogP contribution in [-0.2, 0) is 25.7 Å². The number of ether oxygens (including phenoxy) is 1. The van der Waals surface area contributed by atoms with Crippen LogP contribution in [0, 0.1) is 11.8 Å². The van der Waals surface area contributed by atoms with Gasteiger partial charge in [-0.2, -0.15) is 0 Å². The minimum Gasteiger partial charge on any atom is -0.396 e. The zero-order valence-electron chi connectivity index (χ0n) is 25.1. The van der Waals surface area contributed by atoms with Crippen molar-refractivity contribution < 1.29 is 24.2 Å². The fourth-order valence-electron chi connectivity index (χ4n) is 8.35. The number of carbonyl (C=O) groups is 3. The van der Waals surface area contributed by atoms with E-state index < -0.39 is 29.1 Å². The van der Waals surface area contributed by atoms with E-state index in [4.69, 9.17) is 4.74 Å². The Kier molecular flexibility index (Phi) is 9.23. The molecule has 1 aromatic rings. The number of benzene rings is 1. The highest BCUT2D eigenvalue weighted by Crippen LogP contribution is 2.64. The minimum absolute atomic E-state index is 0.0896. The van der Waals surface area contributed by atoms with Crippen molar-refractivity contribution in [1.82, 2.24) is 14.7 Å². The summed E-state index contributed by atoms with van der Waals surface area (Å²) in [7, 11) is 0. The molecule has 3 amide bonds. The van der Waals surface area contributed by atoms with Gasteiger partial charge in [0, 0.05) is 38.8 Å². The second kappa shape index (κ2) is 12.7. The Balaban J connectivity index is 1.54. The number of amides is 3. The zero-order chi connectivity index (χ0) is 29.9. The molecule has 1 spiro atoms. The summed E-state index contributed by atoms with van der Waals surface area (Å²) in [6.07, 6.45) is 10.8. The summed E-state index contributed by atoms with van der Waals surface area (Å²) in [5.41, 5.74) is -0.871. The molecule has 3 saturated heterocycles. The second-order valence-corrected chi connectivity index (χ2v) is 12.5. The number of aliphatic hydroxyl groups excluding tert-OH is 1. The van der Waals surface area contributed by atoms with Gasteiger partial charge in [-0.1, -0.05) is 68.7 Å². The first kappa shape index (κ1) is 30.5. The Morgan fingerprint density at radius 1 is 1.07 bits per heavy atom. The highest BCUT2D eigenvalue weighted by atomic mass is 16.5. The van der Waals surface area contributed by atoms with Crippen LogP contribution < -0.4 is 0 Å². The Bertz CT molecular complexity index is 1170. The molecule has 8 nitrogen and oxygen atoms in total. The fraction of sp³-hybridized carbons (Fsp3) is 0.618. The standard InChI is InChI=1S/C34H47N3O5/c1-4-20-35(24-25-14-9-7-10-15-25)30(39)27-28-31(40)37(22-13-23-38)29(34(28)19-18-33(27,6-3)42-34)32(41)36(21-5-2)26-16-11-8-12-17-26/h4-5,7,9-10,14-15,26-29,38H,1-2,6,8,11-13,16-24H2,3H3/t27-,28-,29?,33+,34?/m0/s1. The van der Waals surface area contributed by atoms with Gasteiger partial charge in [-0.3, -0.25) is 14.4 Å². The number of fused-ring (bicyclic) bond motifs is 1. The SMILES string of the molecule is C=CCN(Cc1ccccc1)C(=O)[C@@H]1[C@H]2C(=O)N(CCCO)C(C(=O)N(CC=C)C3CCCCC3)C23CC[C@@]1(CC)O3. The van der Waals surface area contributed by atoms with Crippen molar-refractivity contribution in [3.05, 3.63) is 61.2 Å². The topological polar surface area (TPSA) is 90.4 Å². The van der Waals surface area contributed by atoms with Gasteiger partial charge in [0.15, 0.2) is 0 Å². The Hall–Kier alpha value is -2.97. The maximum absolute atomic E-state index is 14.7. The van der Waals surface area contributed by atoms with E-state index in [0.29, 0.717) is 45.3 Å². The average molecular weight is 578 g/mol. The van der Waals surface area contributed by atoms with E-state index in [0.717, 1.165) is 31.2 Å². The molecule has 5 atom stereocenters. The fourth-order valence-corrected chi connectivity index (χ4v) is 8.35. The molecule has 42 heavy (non-hydrogen) atoms. The minimum atomic E-state index is -1.07. The highest BCUT2D eigenvalue weighted by molar-refractivity contribution is 5.99. The first-order valence-electron chi connectivity index (χ1n) is 15.8. The molecule has 1 aliphatic carbocycles. The van der Waals surface area contributed by atoms with E-state index in [-0.39, 0.29) is 36.9 Å². The Labute approximate surface area is 250 Å². The van der Waals surface area contributed by atoms with Crippen LogP contribution in [0.1, 0.15) is 70.3 Å². The van der Waals surface area contributed by atoms with E-state index in [9.17, 15) is 19.5 Å². The van der Waals surface area contributed by atoms with Crippen molar-refractivity contribution in [1.29, 1.82) is 0 Å². The molecule has 2 bridgehead atoms. The molecule has 4 aliphatic rings. The summed E-state index contributed by atoms with van der Waals surface area (Å²) in [6, 6.07) is 9.10. The molecule has 5 rings (SSSR count). The molecular formula is C34H47N3O5. The predicted octanol–water partition coefficient (Wildman–Crippen LogP) is 4.09. The summed E-state index contributed by atoms with van der Waals surface area (Å²) in [5.74, 6) is -1.86. The lowest BCUT2D eigenvalue weighted by Gasteiger charge is -2.40. The van der Waals surface area contributed by atoms with Crippen molar-refractivity contribution in [2.24, 2.45) is 11.8 Å². The van der Waals surface area contributed by atoms with Gasteiger partial charge in [0.2, 0.25) is 17.7 Å². The molecule has 2 unspecified atom stereocenters. The van der Waals surface area contributed by atoms with Gasteiger partial charge in [-0.05, 0) is 44.1 Å². The highest BCUT2D eigenvalue weighted by Gasteiger charge is 2.79. The first-order valence-corrected chi connectivity index (χ1v) is 15.8. The van der Waals surface area contributed by atoms with Crippen molar-refractivity contribution in [3.63, 3.8) is 0 Å². The molecule has 0 radical (unpaired) electrons. The predicted molar refractivity (Wildman–Crippen MR) is 161 cm³/mol. The third kappa shape index (κ3) is 5.11. The average Bonchev–Trinajstić information content (AvgIpc) is 3.62. The number of hydrogen-bond acceptors (Lipinski definition) is 5. The summed E-state index contributed by atoms with van der Waals surface area (Å²) < 4.78 is 6.99. The lowest BCUT2D eigenvalue weighted by Crippen LogP contribution is -2.58. The van der Waals surface area contributed by atoms with Crippen LogP contribution in [0.4, 0.5) is 0 Å². The summed E-state index contributed by atoms with van der Waals surface area (Å²) in [6.45, 7) is 11.2. The normalized spacial score (nSPS) is 30.3. The van der Waals surface area contributed by atoms with Crippen molar-refractivity contribution >= 4 is 17.7 Å². The number of nitrogens with zero attached hydrogens (tertiary/aromatic N) is 3. The molecule has 228 valence electrons. The van der Waals surface area contributed by atoms with Gasteiger partial charge in [0.25, 0.3) is 0 Å². The van der Waals surface area contributed by atoms with Crippen molar-refractivity contribution in [2.75, 3.05) is 26.2 Å². The molecule has 1 saturated carbocycles. The third-order valence-corrected chi connectivity index (χ3v) is 10.2. The van der Waals surface area contributed by atoms with Crippen LogP contribution in [0.5, 0.6) is 0 Å². The van der Waals surface area contributed by atoms with Gasteiger partial charge in [0.05, 0.1) is 17.4 Å². The van der Waals surface area contributed by atoms with Crippen LogP contribution >= 0.6 is 0 Å². The Morgan fingerprint density at radius 3 is 2.43 bits per heavy atom. The van der Waals surface area contributed by atoms with Gasteiger partial charge < -0.3 is 24.5 Å². The number of aliphatic hydroxyl groups is 1. The van der Waals surface area contributed by atoms with E-state index in [1.54, 1.807) is 22.0 Å². The van der Waals surface area contributed by atoms with Crippen LogP contribution in [0.2, 0.25) is 0 Å². The van der Waals surface area contributed by atoms with E-state index in [1.165, 1.54) is 6.42 Å². The monoisotopic (exact) mass is 577 g/mol. The summed E-state index contributed by atoms with van der Waals surface area (Å²) in [5, 5.41) is 9.71. The van der Waals surface area contributed by atoms with Gasteiger partial charge >= 0.3 is 0 Å². The maximum Gasteiger partial charge on any atom is 0.248 e. The lowest BCUT2D eigenvalue weighted by atomic mass is 9.64. The molecule has 0 aromatic heterocycles. The van der Waals surface area contributed by atoms with Gasteiger partial charge in [0.1, 0.15) is 11.6 Å². The van der Waals surface area contributed by atoms with E-state index in [1.807, 2.05) is 42.2 Å². The van der Waals surface area contributed by atoms with E-state index in [2.05, 4.69) is 13.2 Å². The quantitative estimate of drug-likeness (QED) is 0.357. The van der Waals surface area contributed by atoms with Crippen molar-refractivity contribution in [2.45, 2.75) is 94.5 Å². The van der Waals surface area contributed by atoms with Crippen LogP contribution in [-0.4, -0.2) is 87.1 Å². The summed E-state index contributed by atoms with van der Waals surface area (Å²) in [4.78, 5) is 49.0. The lowest BCUT2D eigenvalue weighted by molar-refractivity contribution is -0.156. The van der Waals surface area contributed by atoms with Crippen LogP contribution in [0.25, 0.3) is 0 Å². The third-order valence-electron chi connectivity index (χ3n) is 10.2. The molecule has 4 fully saturated rings. The smallest absolute Gasteiger partial charge is 0.248 e. The summed E-state index contributed by atoms with van der Waals surface area (Å²) >= 11 is 0. The van der Waals surface area contributed by atoms with Crippen molar-refractivity contribution in [3.8, 4) is 0 Å². The first-order chi connectivity index (χ1) is 20.4. The molecule has 1 N–H and O–H groups in total. The number of rotatable bonds is 13. The molecule has 3 heterocycles. The second-order valence-electron chi connectivity index (χ2n) is 12.5. The van der Waals surface area contributed by atoms with Crippen LogP contribution in [0.15, 0.2) is 55.6 Å². The molecule has 8 heteroatoms. The number of carbonyl (C=O) groups excluding carboxylic acids is 3. The van der Waals surface area contributed by atoms with Gasteiger partial charge in [-0.15, -0.1) is 13.2 Å². The largest absolute Gasteiger partial charge is 0.396 e. The maximum atomic E-state index is 14.7. The molecule has 3 aliphatic heterocycles. The molecule has 1 aromatic carbocycles.